The first kappa shape index (κ1) is 13.1. The molecule has 1 aliphatic rings. The lowest BCUT2D eigenvalue weighted by atomic mass is 9.93. The first-order valence-electron chi connectivity index (χ1n) is 6.56. The highest BCUT2D eigenvalue weighted by atomic mass is 16.5. The number of benzene rings is 1. The Bertz CT molecular complexity index is 450. The van der Waals surface area contributed by atoms with E-state index in [0.29, 0.717) is 6.61 Å². The molecule has 3 heteroatoms. The lowest BCUT2D eigenvalue weighted by Gasteiger charge is -2.14. The third-order valence-electron chi connectivity index (χ3n) is 3.59. The van der Waals surface area contributed by atoms with Gasteiger partial charge in [0.1, 0.15) is 5.75 Å². The molecule has 0 radical (unpaired) electrons. The minimum atomic E-state index is -0.145. The number of Topliss-reactive ketones (excluding diaryl/α,β-unsaturated/α-hetero) is 1. The number of ketones is 1. The zero-order chi connectivity index (χ0) is 13.2. The predicted octanol–water partition coefficient (Wildman–Crippen LogP) is 2.58. The second kappa shape index (κ2) is 5.11. The van der Waals surface area contributed by atoms with Gasteiger partial charge in [-0.2, -0.15) is 0 Å². The van der Waals surface area contributed by atoms with Gasteiger partial charge in [-0.3, -0.25) is 4.79 Å². The second-order valence-electron chi connectivity index (χ2n) is 5.05. The van der Waals surface area contributed by atoms with Gasteiger partial charge in [-0.1, -0.05) is 0 Å². The Hall–Kier alpha value is -1.35. The van der Waals surface area contributed by atoms with Crippen LogP contribution < -0.4 is 10.1 Å². The molecular weight excluding hydrogens is 226 g/mol. The average Bonchev–Trinajstić information content (AvgIpc) is 3.12. The van der Waals surface area contributed by atoms with Crippen LogP contribution in [0.4, 0.5) is 0 Å². The van der Waals surface area contributed by atoms with E-state index >= 15 is 0 Å². The summed E-state index contributed by atoms with van der Waals surface area (Å²) in [4.78, 5) is 12.5. The van der Waals surface area contributed by atoms with E-state index in [1.165, 1.54) is 0 Å². The molecule has 0 unspecified atom stereocenters. The summed E-state index contributed by atoms with van der Waals surface area (Å²) in [6.45, 7) is 5.37. The molecule has 98 valence electrons. The van der Waals surface area contributed by atoms with Gasteiger partial charge in [0.2, 0.25) is 0 Å². The predicted molar refractivity (Wildman–Crippen MR) is 72.3 cm³/mol. The van der Waals surface area contributed by atoms with Gasteiger partial charge in [-0.25, -0.2) is 0 Å². The fourth-order valence-corrected chi connectivity index (χ4v) is 2.39. The molecule has 0 heterocycles. The first-order chi connectivity index (χ1) is 8.63. The summed E-state index contributed by atoms with van der Waals surface area (Å²) in [5.74, 6) is 1.13. The largest absolute Gasteiger partial charge is 0.494 e. The van der Waals surface area contributed by atoms with E-state index in [1.54, 1.807) is 0 Å². The minimum Gasteiger partial charge on any atom is -0.494 e. The van der Waals surface area contributed by atoms with Crippen molar-refractivity contribution < 1.29 is 9.53 Å². The molecule has 1 N–H and O–H groups in total. The lowest BCUT2D eigenvalue weighted by molar-refractivity contribution is 0.0900. The quantitative estimate of drug-likeness (QED) is 0.785. The SMILES string of the molecule is CCOc1ccc(C(=O)C2(CNC)CC2)cc1C. The summed E-state index contributed by atoms with van der Waals surface area (Å²) >= 11 is 0. The number of ether oxygens (including phenoxy) is 1. The van der Waals surface area contributed by atoms with Gasteiger partial charge in [-0.05, 0) is 57.5 Å². The van der Waals surface area contributed by atoms with E-state index in [-0.39, 0.29) is 11.2 Å². The monoisotopic (exact) mass is 247 g/mol. The average molecular weight is 247 g/mol. The van der Waals surface area contributed by atoms with Crippen molar-refractivity contribution in [3.8, 4) is 5.75 Å². The zero-order valence-corrected chi connectivity index (χ0v) is 11.4. The van der Waals surface area contributed by atoms with E-state index in [4.69, 9.17) is 4.74 Å². The Morgan fingerprint density at radius 3 is 2.67 bits per heavy atom. The molecule has 0 saturated heterocycles. The maximum absolute atomic E-state index is 12.5. The van der Waals surface area contributed by atoms with Crippen LogP contribution in [0.25, 0.3) is 0 Å². The third kappa shape index (κ3) is 2.41. The topological polar surface area (TPSA) is 38.3 Å². The molecule has 0 aliphatic heterocycles. The van der Waals surface area contributed by atoms with Crippen molar-refractivity contribution in [3.63, 3.8) is 0 Å². The van der Waals surface area contributed by atoms with Gasteiger partial charge < -0.3 is 10.1 Å². The molecule has 1 aliphatic carbocycles. The Labute approximate surface area is 109 Å². The molecule has 18 heavy (non-hydrogen) atoms. The molecule has 2 rings (SSSR count). The summed E-state index contributed by atoms with van der Waals surface area (Å²) in [6.07, 6.45) is 2.00. The van der Waals surface area contributed by atoms with Crippen molar-refractivity contribution in [1.82, 2.24) is 5.32 Å². The van der Waals surface area contributed by atoms with Crippen LogP contribution in [0.3, 0.4) is 0 Å². The molecule has 3 nitrogen and oxygen atoms in total. The van der Waals surface area contributed by atoms with Crippen LogP contribution in [0, 0.1) is 12.3 Å². The maximum Gasteiger partial charge on any atom is 0.170 e. The highest BCUT2D eigenvalue weighted by Gasteiger charge is 2.49. The number of carbonyl (C=O) groups excluding carboxylic acids is 1. The Morgan fingerprint density at radius 2 is 2.17 bits per heavy atom. The van der Waals surface area contributed by atoms with Crippen LogP contribution >= 0.6 is 0 Å². The van der Waals surface area contributed by atoms with E-state index in [9.17, 15) is 4.79 Å². The molecule has 0 aromatic heterocycles. The fraction of sp³-hybridized carbons (Fsp3) is 0.533. The van der Waals surface area contributed by atoms with Gasteiger partial charge in [0.05, 0.1) is 6.61 Å². The molecule has 1 aromatic rings. The number of rotatable bonds is 6. The van der Waals surface area contributed by atoms with E-state index in [1.807, 2.05) is 39.1 Å². The summed E-state index contributed by atoms with van der Waals surface area (Å²) in [5.41, 5.74) is 1.69. The van der Waals surface area contributed by atoms with Crippen molar-refractivity contribution in [2.24, 2.45) is 5.41 Å². The van der Waals surface area contributed by atoms with Crippen LogP contribution in [-0.4, -0.2) is 26.0 Å². The van der Waals surface area contributed by atoms with Crippen LogP contribution in [0.5, 0.6) is 5.75 Å². The van der Waals surface area contributed by atoms with Gasteiger partial charge >= 0.3 is 0 Å². The molecular formula is C15H21NO2. The first-order valence-corrected chi connectivity index (χ1v) is 6.56. The van der Waals surface area contributed by atoms with Crippen molar-refractivity contribution >= 4 is 5.78 Å². The van der Waals surface area contributed by atoms with Crippen LogP contribution in [0.15, 0.2) is 18.2 Å². The van der Waals surface area contributed by atoms with E-state index in [2.05, 4.69) is 5.32 Å². The molecule has 1 aromatic carbocycles. The smallest absolute Gasteiger partial charge is 0.170 e. The Morgan fingerprint density at radius 1 is 1.44 bits per heavy atom. The summed E-state index contributed by atoms with van der Waals surface area (Å²) in [6, 6.07) is 5.74. The molecule has 0 atom stereocenters. The van der Waals surface area contributed by atoms with Crippen molar-refractivity contribution in [3.05, 3.63) is 29.3 Å². The van der Waals surface area contributed by atoms with E-state index < -0.39 is 0 Å². The van der Waals surface area contributed by atoms with Crippen molar-refractivity contribution in [2.75, 3.05) is 20.2 Å². The van der Waals surface area contributed by atoms with Gasteiger partial charge in [-0.15, -0.1) is 0 Å². The Kier molecular flexibility index (Phi) is 3.71. The fourth-order valence-electron chi connectivity index (χ4n) is 2.39. The lowest BCUT2D eigenvalue weighted by Crippen LogP contribution is -2.28. The van der Waals surface area contributed by atoms with Gasteiger partial charge in [0.15, 0.2) is 5.78 Å². The van der Waals surface area contributed by atoms with Crippen molar-refractivity contribution in [2.45, 2.75) is 26.7 Å². The molecule has 0 bridgehead atoms. The highest BCUT2D eigenvalue weighted by molar-refractivity contribution is 6.02. The Balaban J connectivity index is 2.19. The number of hydrogen-bond acceptors (Lipinski definition) is 3. The molecule has 0 spiro atoms. The maximum atomic E-state index is 12.5. The van der Waals surface area contributed by atoms with Crippen LogP contribution in [0.2, 0.25) is 0 Å². The molecule has 1 fully saturated rings. The zero-order valence-electron chi connectivity index (χ0n) is 11.4. The normalized spacial score (nSPS) is 16.4. The van der Waals surface area contributed by atoms with Crippen molar-refractivity contribution in [1.29, 1.82) is 0 Å². The van der Waals surface area contributed by atoms with Crippen LogP contribution in [0.1, 0.15) is 35.7 Å². The molecule has 1 saturated carbocycles. The number of hydrogen-bond donors (Lipinski definition) is 1. The summed E-state index contributed by atoms with van der Waals surface area (Å²) in [5, 5.41) is 3.12. The summed E-state index contributed by atoms with van der Waals surface area (Å²) < 4.78 is 5.50. The van der Waals surface area contributed by atoms with Crippen LogP contribution in [-0.2, 0) is 0 Å². The minimum absolute atomic E-state index is 0.145. The highest BCUT2D eigenvalue weighted by Crippen LogP contribution is 2.47. The van der Waals surface area contributed by atoms with Gasteiger partial charge in [0, 0.05) is 17.5 Å². The standard InChI is InChI=1S/C15H21NO2/c1-4-18-13-6-5-12(9-11(13)2)14(17)15(7-8-15)10-16-3/h5-6,9,16H,4,7-8,10H2,1-3H3. The summed E-state index contributed by atoms with van der Waals surface area (Å²) in [7, 11) is 1.90. The number of nitrogens with one attached hydrogen (secondary N) is 1. The number of carbonyl (C=O) groups is 1. The number of aryl methyl sites for hydroxylation is 1. The molecule has 0 amide bonds. The van der Waals surface area contributed by atoms with Gasteiger partial charge in [0.25, 0.3) is 0 Å². The second-order valence-corrected chi connectivity index (χ2v) is 5.05. The van der Waals surface area contributed by atoms with E-state index in [0.717, 1.165) is 36.3 Å². The third-order valence-corrected chi connectivity index (χ3v) is 3.59.